The van der Waals surface area contributed by atoms with E-state index in [1.54, 1.807) is 56.6 Å². The fourth-order valence-corrected chi connectivity index (χ4v) is 3.42. The molecule has 3 amide bonds. The number of benzene rings is 2. The monoisotopic (exact) mass is 432 g/mol. The van der Waals surface area contributed by atoms with E-state index in [2.05, 4.69) is 0 Å². The summed E-state index contributed by atoms with van der Waals surface area (Å²) >= 11 is 0. The lowest BCUT2D eigenvalue weighted by Gasteiger charge is -2.21. The molecule has 32 heavy (non-hydrogen) atoms. The molecule has 0 aliphatic carbocycles. The number of likely N-dealkylation sites (N-methyl/N-ethyl adjacent to an activating group) is 1. The molecule has 1 aliphatic rings. The molecule has 1 atom stereocenters. The molecule has 1 aromatic heterocycles. The molecule has 2 heterocycles. The van der Waals surface area contributed by atoms with Crippen LogP contribution in [0, 0.1) is 0 Å². The van der Waals surface area contributed by atoms with Crippen LogP contribution in [0.4, 0.5) is 0 Å². The van der Waals surface area contributed by atoms with Crippen molar-refractivity contribution in [3.8, 4) is 0 Å². The van der Waals surface area contributed by atoms with Crippen molar-refractivity contribution in [2.75, 3.05) is 14.1 Å². The number of nitrogens with zero attached hydrogens (tertiary/aromatic N) is 2. The zero-order chi connectivity index (χ0) is 22.8. The van der Waals surface area contributed by atoms with Gasteiger partial charge in [-0.1, -0.05) is 30.3 Å². The normalized spacial score (nSPS) is 13.6. The van der Waals surface area contributed by atoms with Crippen molar-refractivity contribution in [2.24, 2.45) is 0 Å². The minimum absolute atomic E-state index is 0.00740. The van der Waals surface area contributed by atoms with Crippen LogP contribution in [-0.2, 0) is 16.1 Å². The fourth-order valence-electron chi connectivity index (χ4n) is 3.42. The van der Waals surface area contributed by atoms with Gasteiger partial charge < -0.3 is 14.1 Å². The van der Waals surface area contributed by atoms with E-state index in [1.165, 1.54) is 29.4 Å². The third-order valence-corrected chi connectivity index (χ3v) is 5.09. The summed E-state index contributed by atoms with van der Waals surface area (Å²) in [5, 5.41) is 0. The lowest BCUT2D eigenvalue weighted by Crippen LogP contribution is -2.31. The van der Waals surface area contributed by atoms with Crippen LogP contribution in [0.1, 0.15) is 48.5 Å². The molecule has 0 spiro atoms. The minimum Gasteiger partial charge on any atom is -0.467 e. The third-order valence-electron chi connectivity index (χ3n) is 5.09. The van der Waals surface area contributed by atoms with Crippen LogP contribution in [0.25, 0.3) is 0 Å². The predicted octanol–water partition coefficient (Wildman–Crippen LogP) is 3.06. The van der Waals surface area contributed by atoms with Crippen LogP contribution in [0.3, 0.4) is 0 Å². The van der Waals surface area contributed by atoms with Crippen molar-refractivity contribution in [1.82, 2.24) is 9.80 Å². The Balaban J connectivity index is 1.58. The molecule has 0 fully saturated rings. The van der Waals surface area contributed by atoms with Crippen molar-refractivity contribution in [2.45, 2.75) is 12.6 Å². The summed E-state index contributed by atoms with van der Waals surface area (Å²) in [7, 11) is 3.14. The van der Waals surface area contributed by atoms with E-state index in [4.69, 9.17) is 9.15 Å². The number of rotatable bonds is 6. The zero-order valence-corrected chi connectivity index (χ0v) is 17.5. The van der Waals surface area contributed by atoms with Crippen LogP contribution in [0.2, 0.25) is 0 Å². The van der Waals surface area contributed by atoms with Crippen molar-refractivity contribution in [1.29, 1.82) is 0 Å². The van der Waals surface area contributed by atoms with E-state index in [-0.39, 0.29) is 23.2 Å². The number of hydrogen-bond donors (Lipinski definition) is 0. The van der Waals surface area contributed by atoms with E-state index < -0.39 is 29.8 Å². The number of ether oxygens (including phenoxy) is 1. The van der Waals surface area contributed by atoms with E-state index >= 15 is 0 Å². The summed E-state index contributed by atoms with van der Waals surface area (Å²) < 4.78 is 10.7. The number of esters is 1. The van der Waals surface area contributed by atoms with Gasteiger partial charge in [-0.2, -0.15) is 0 Å². The van der Waals surface area contributed by atoms with E-state index in [0.29, 0.717) is 11.3 Å². The molecule has 0 saturated carbocycles. The van der Waals surface area contributed by atoms with E-state index in [9.17, 15) is 19.2 Å². The first-order chi connectivity index (χ1) is 15.4. The van der Waals surface area contributed by atoms with Crippen molar-refractivity contribution < 1.29 is 28.3 Å². The highest BCUT2D eigenvalue weighted by Gasteiger charge is 2.37. The quantitative estimate of drug-likeness (QED) is 0.439. The third kappa shape index (κ3) is 3.90. The number of furan rings is 1. The standard InChI is InChI=1S/C24H20N2O6/c1-25(2)23(29)20(15-7-4-3-5-8-15)32-24(30)16-10-11-18-19(13-16)22(28)26(21(18)27)14-17-9-6-12-31-17/h3-13,20H,14H2,1-2H3. The van der Waals surface area contributed by atoms with Gasteiger partial charge in [0.2, 0.25) is 6.10 Å². The molecule has 8 heteroatoms. The molecule has 3 aromatic rings. The van der Waals surface area contributed by atoms with Gasteiger partial charge >= 0.3 is 5.97 Å². The van der Waals surface area contributed by atoms with Gasteiger partial charge in [0.25, 0.3) is 17.7 Å². The van der Waals surface area contributed by atoms with Crippen molar-refractivity contribution in [3.63, 3.8) is 0 Å². The summed E-state index contributed by atoms with van der Waals surface area (Å²) in [4.78, 5) is 53.3. The molecular formula is C24H20N2O6. The van der Waals surface area contributed by atoms with Crippen molar-refractivity contribution >= 4 is 23.7 Å². The molecule has 1 aliphatic heterocycles. The number of carbonyl (C=O) groups is 4. The smallest absolute Gasteiger partial charge is 0.339 e. The first-order valence-corrected chi connectivity index (χ1v) is 9.86. The van der Waals surface area contributed by atoms with Crippen LogP contribution in [0.5, 0.6) is 0 Å². The van der Waals surface area contributed by atoms with E-state index in [0.717, 1.165) is 4.90 Å². The SMILES string of the molecule is CN(C)C(=O)C(OC(=O)c1ccc2c(c1)C(=O)N(Cc1ccco1)C2=O)c1ccccc1. The van der Waals surface area contributed by atoms with Gasteiger partial charge in [0.1, 0.15) is 5.76 Å². The van der Waals surface area contributed by atoms with E-state index in [1.807, 2.05) is 0 Å². The Bertz CT molecular complexity index is 1180. The summed E-state index contributed by atoms with van der Waals surface area (Å²) in [5.74, 6) is -1.71. The predicted molar refractivity (Wildman–Crippen MR) is 113 cm³/mol. The Labute approximate surface area is 184 Å². The summed E-state index contributed by atoms with van der Waals surface area (Å²) in [5.41, 5.74) is 0.891. The van der Waals surface area contributed by atoms with Crippen LogP contribution in [-0.4, -0.2) is 47.6 Å². The molecule has 0 bridgehead atoms. The number of carbonyl (C=O) groups excluding carboxylic acids is 4. The summed E-state index contributed by atoms with van der Waals surface area (Å²) in [6.07, 6.45) is 0.319. The molecule has 1 unspecified atom stereocenters. The number of imide groups is 1. The molecule has 8 nitrogen and oxygen atoms in total. The van der Waals surface area contributed by atoms with Gasteiger partial charge in [-0.05, 0) is 30.3 Å². The molecular weight excluding hydrogens is 412 g/mol. The van der Waals surface area contributed by atoms with Gasteiger partial charge in [-0.3, -0.25) is 19.3 Å². The first-order valence-electron chi connectivity index (χ1n) is 9.86. The van der Waals surface area contributed by atoms with Gasteiger partial charge in [0, 0.05) is 19.7 Å². The molecule has 0 saturated heterocycles. The summed E-state index contributed by atoms with van der Waals surface area (Å²) in [6.45, 7) is -0.00740. The Hall–Kier alpha value is -4.20. The van der Waals surface area contributed by atoms with Gasteiger partial charge in [-0.15, -0.1) is 0 Å². The number of hydrogen-bond acceptors (Lipinski definition) is 6. The fraction of sp³-hybridized carbons (Fsp3) is 0.167. The lowest BCUT2D eigenvalue weighted by atomic mass is 10.1. The highest BCUT2D eigenvalue weighted by molar-refractivity contribution is 6.21. The topological polar surface area (TPSA) is 97.1 Å². The summed E-state index contributed by atoms with van der Waals surface area (Å²) in [6, 6.07) is 16.1. The molecule has 0 N–H and O–H groups in total. The molecule has 4 rings (SSSR count). The average Bonchev–Trinajstić information content (AvgIpc) is 3.40. The largest absolute Gasteiger partial charge is 0.467 e. The van der Waals surface area contributed by atoms with Gasteiger partial charge in [-0.25, -0.2) is 4.79 Å². The van der Waals surface area contributed by atoms with Gasteiger partial charge in [0.05, 0.1) is 29.5 Å². The highest BCUT2D eigenvalue weighted by atomic mass is 16.5. The average molecular weight is 432 g/mol. The van der Waals surface area contributed by atoms with Crippen LogP contribution in [0.15, 0.2) is 71.3 Å². The lowest BCUT2D eigenvalue weighted by molar-refractivity contribution is -0.138. The van der Waals surface area contributed by atoms with Crippen LogP contribution >= 0.6 is 0 Å². The first kappa shape index (κ1) is 21.0. The number of fused-ring (bicyclic) bond motifs is 1. The van der Waals surface area contributed by atoms with Crippen molar-refractivity contribution in [3.05, 3.63) is 94.9 Å². The maximum atomic E-state index is 12.9. The second-order valence-corrected chi connectivity index (χ2v) is 7.46. The molecule has 2 aromatic carbocycles. The van der Waals surface area contributed by atoms with Gasteiger partial charge in [0.15, 0.2) is 0 Å². The second kappa shape index (κ2) is 8.50. The minimum atomic E-state index is -1.14. The second-order valence-electron chi connectivity index (χ2n) is 7.46. The molecule has 0 radical (unpaired) electrons. The Morgan fingerprint density at radius 1 is 0.969 bits per heavy atom. The Kier molecular flexibility index (Phi) is 5.59. The maximum absolute atomic E-state index is 12.9. The molecule has 162 valence electrons. The van der Waals surface area contributed by atoms with Crippen LogP contribution < -0.4 is 0 Å². The Morgan fingerprint density at radius 2 is 1.69 bits per heavy atom. The number of amides is 3. The zero-order valence-electron chi connectivity index (χ0n) is 17.5. The maximum Gasteiger partial charge on any atom is 0.339 e. The highest BCUT2D eigenvalue weighted by Crippen LogP contribution is 2.27. The Morgan fingerprint density at radius 3 is 2.34 bits per heavy atom.